The lowest BCUT2D eigenvalue weighted by Gasteiger charge is -2.26. The van der Waals surface area contributed by atoms with Crippen molar-refractivity contribution >= 4 is 6.34 Å². The molecule has 0 saturated carbocycles. The summed E-state index contributed by atoms with van der Waals surface area (Å²) in [4.78, 5) is 1.97. The summed E-state index contributed by atoms with van der Waals surface area (Å²) in [6, 6.07) is 3.32. The third-order valence-electron chi connectivity index (χ3n) is 2.70. The van der Waals surface area contributed by atoms with Crippen LogP contribution < -0.4 is 11.6 Å². The van der Waals surface area contributed by atoms with Crippen molar-refractivity contribution < 1.29 is 8.78 Å². The first-order valence-corrected chi connectivity index (χ1v) is 5.83. The zero-order chi connectivity index (χ0) is 14.4. The Balaban J connectivity index is 2.96. The largest absolute Gasteiger partial charge is 0.388 e. The monoisotopic (exact) mass is 271 g/mol. The molecule has 0 heterocycles. The van der Waals surface area contributed by atoms with E-state index in [1.54, 1.807) is 0 Å². The highest BCUT2D eigenvalue weighted by Crippen LogP contribution is 2.24. The SMILES string of the molecule is CN(C)CCC(c1ccc(F)c(F)c1)N(N)/N=C\N. The second-order valence-corrected chi connectivity index (χ2v) is 4.43. The predicted molar refractivity (Wildman–Crippen MR) is 71.0 cm³/mol. The zero-order valence-corrected chi connectivity index (χ0v) is 11.1. The van der Waals surface area contributed by atoms with Crippen molar-refractivity contribution in [1.29, 1.82) is 0 Å². The van der Waals surface area contributed by atoms with Crippen LogP contribution in [0, 0.1) is 11.6 Å². The first kappa shape index (κ1) is 15.3. The van der Waals surface area contributed by atoms with Gasteiger partial charge in [-0.3, -0.25) is 0 Å². The van der Waals surface area contributed by atoms with Gasteiger partial charge < -0.3 is 10.6 Å². The lowest BCUT2D eigenvalue weighted by atomic mass is 10.0. The molecular weight excluding hydrogens is 252 g/mol. The van der Waals surface area contributed by atoms with Gasteiger partial charge in [0.15, 0.2) is 11.6 Å². The van der Waals surface area contributed by atoms with Crippen LogP contribution in [0.15, 0.2) is 23.3 Å². The fraction of sp³-hybridized carbons (Fsp3) is 0.417. The molecule has 1 atom stereocenters. The van der Waals surface area contributed by atoms with E-state index in [0.29, 0.717) is 12.0 Å². The molecule has 0 aliphatic heterocycles. The summed E-state index contributed by atoms with van der Waals surface area (Å²) in [5, 5.41) is 4.91. The summed E-state index contributed by atoms with van der Waals surface area (Å²) >= 11 is 0. The van der Waals surface area contributed by atoms with E-state index in [1.807, 2.05) is 19.0 Å². The molecule has 0 bridgehead atoms. The summed E-state index contributed by atoms with van der Waals surface area (Å²) in [5.41, 5.74) is 5.75. The normalized spacial score (nSPS) is 13.2. The molecule has 4 N–H and O–H groups in total. The average molecular weight is 271 g/mol. The maximum atomic E-state index is 13.3. The first-order chi connectivity index (χ1) is 8.95. The number of hydrogen-bond acceptors (Lipinski definition) is 4. The smallest absolute Gasteiger partial charge is 0.159 e. The number of hydrazone groups is 1. The molecule has 0 amide bonds. The van der Waals surface area contributed by atoms with Gasteiger partial charge in [0.05, 0.1) is 6.04 Å². The third kappa shape index (κ3) is 4.46. The minimum Gasteiger partial charge on any atom is -0.388 e. The Labute approximate surface area is 111 Å². The Morgan fingerprint density at radius 3 is 2.53 bits per heavy atom. The highest BCUT2D eigenvalue weighted by molar-refractivity contribution is 5.50. The third-order valence-corrected chi connectivity index (χ3v) is 2.70. The number of hydrogen-bond donors (Lipinski definition) is 2. The van der Waals surface area contributed by atoms with Gasteiger partial charge in [-0.05, 0) is 44.8 Å². The zero-order valence-electron chi connectivity index (χ0n) is 11.1. The van der Waals surface area contributed by atoms with Gasteiger partial charge in [0.2, 0.25) is 0 Å². The molecule has 1 aromatic carbocycles. The second kappa shape index (κ2) is 7.01. The fourth-order valence-corrected chi connectivity index (χ4v) is 1.71. The van der Waals surface area contributed by atoms with Crippen molar-refractivity contribution in [2.75, 3.05) is 20.6 Å². The number of nitrogens with two attached hydrogens (primary N) is 2. The number of nitrogens with zero attached hydrogens (tertiary/aromatic N) is 3. The van der Waals surface area contributed by atoms with Gasteiger partial charge in [0.1, 0.15) is 6.34 Å². The first-order valence-electron chi connectivity index (χ1n) is 5.83. The average Bonchev–Trinajstić information content (AvgIpc) is 2.33. The lowest BCUT2D eigenvalue weighted by Crippen LogP contribution is -2.33. The molecule has 1 unspecified atom stereocenters. The van der Waals surface area contributed by atoms with E-state index in [-0.39, 0.29) is 6.04 Å². The molecule has 0 aliphatic rings. The van der Waals surface area contributed by atoms with Crippen molar-refractivity contribution in [3.63, 3.8) is 0 Å². The van der Waals surface area contributed by atoms with Crippen molar-refractivity contribution in [3.05, 3.63) is 35.4 Å². The molecule has 7 heteroatoms. The van der Waals surface area contributed by atoms with Crippen LogP contribution in [0.25, 0.3) is 0 Å². The minimum absolute atomic E-state index is 0.378. The molecule has 1 aromatic rings. The molecule has 0 aliphatic carbocycles. The van der Waals surface area contributed by atoms with E-state index in [2.05, 4.69) is 5.10 Å². The fourth-order valence-electron chi connectivity index (χ4n) is 1.71. The second-order valence-electron chi connectivity index (χ2n) is 4.43. The van der Waals surface area contributed by atoms with E-state index in [4.69, 9.17) is 11.6 Å². The summed E-state index contributed by atoms with van der Waals surface area (Å²) in [5.74, 6) is 3.96. The molecule has 5 nitrogen and oxygen atoms in total. The Morgan fingerprint density at radius 1 is 1.32 bits per heavy atom. The number of halogens is 2. The molecule has 0 spiro atoms. The molecule has 0 fully saturated rings. The van der Waals surface area contributed by atoms with E-state index in [1.165, 1.54) is 6.07 Å². The molecule has 0 saturated heterocycles. The van der Waals surface area contributed by atoms with Crippen LogP contribution in [0.4, 0.5) is 8.78 Å². The van der Waals surface area contributed by atoms with Gasteiger partial charge in [-0.1, -0.05) is 6.07 Å². The summed E-state index contributed by atoms with van der Waals surface area (Å²) in [7, 11) is 3.82. The van der Waals surface area contributed by atoms with Gasteiger partial charge in [0, 0.05) is 0 Å². The topological polar surface area (TPSA) is 70.9 Å². The van der Waals surface area contributed by atoms with Crippen LogP contribution >= 0.6 is 0 Å². The quantitative estimate of drug-likeness (QED) is 0.351. The Kier molecular flexibility index (Phi) is 5.65. The van der Waals surface area contributed by atoms with Gasteiger partial charge >= 0.3 is 0 Å². The molecular formula is C12H19F2N5. The molecule has 0 radical (unpaired) electrons. The van der Waals surface area contributed by atoms with Crippen molar-refractivity contribution in [2.45, 2.75) is 12.5 Å². The van der Waals surface area contributed by atoms with Crippen LogP contribution in [0.5, 0.6) is 0 Å². The standard InChI is InChI=1S/C12H19F2N5/c1-18(2)6-5-12(19(16)17-8-15)9-3-4-10(13)11(14)7-9/h3-4,7-8,12H,5-6,16H2,1-2H3,(H2,15,17). The van der Waals surface area contributed by atoms with Crippen LogP contribution in [0.3, 0.4) is 0 Å². The maximum Gasteiger partial charge on any atom is 0.159 e. The number of hydrazine groups is 1. The Bertz CT molecular complexity index is 436. The number of benzene rings is 1. The highest BCUT2D eigenvalue weighted by atomic mass is 19.2. The van der Waals surface area contributed by atoms with Crippen LogP contribution in [-0.4, -0.2) is 37.0 Å². The number of rotatable bonds is 6. The van der Waals surface area contributed by atoms with Crippen molar-refractivity contribution in [2.24, 2.45) is 16.7 Å². The van der Waals surface area contributed by atoms with E-state index >= 15 is 0 Å². The van der Waals surface area contributed by atoms with E-state index in [9.17, 15) is 8.78 Å². The van der Waals surface area contributed by atoms with Gasteiger partial charge in [-0.15, -0.1) is 0 Å². The summed E-state index contributed by atoms with van der Waals surface area (Å²) in [6.07, 6.45) is 1.66. The van der Waals surface area contributed by atoms with Crippen LogP contribution in [-0.2, 0) is 0 Å². The summed E-state index contributed by atoms with van der Waals surface area (Å²) in [6.45, 7) is 0.720. The Morgan fingerprint density at radius 2 is 2.00 bits per heavy atom. The van der Waals surface area contributed by atoms with Crippen LogP contribution in [0.2, 0.25) is 0 Å². The van der Waals surface area contributed by atoms with Crippen molar-refractivity contribution in [3.8, 4) is 0 Å². The molecule has 0 aromatic heterocycles. The predicted octanol–water partition coefficient (Wildman–Crippen LogP) is 1.04. The van der Waals surface area contributed by atoms with Gasteiger partial charge in [-0.2, -0.15) is 5.10 Å². The van der Waals surface area contributed by atoms with Crippen LogP contribution in [0.1, 0.15) is 18.0 Å². The lowest BCUT2D eigenvalue weighted by molar-refractivity contribution is 0.187. The summed E-state index contributed by atoms with van der Waals surface area (Å²) < 4.78 is 26.2. The minimum atomic E-state index is -0.905. The van der Waals surface area contributed by atoms with Gasteiger partial charge in [-0.25, -0.2) is 19.7 Å². The Hall–Kier alpha value is -1.73. The highest BCUT2D eigenvalue weighted by Gasteiger charge is 2.18. The van der Waals surface area contributed by atoms with Gasteiger partial charge in [0.25, 0.3) is 0 Å². The maximum absolute atomic E-state index is 13.3. The molecule has 19 heavy (non-hydrogen) atoms. The molecule has 1 rings (SSSR count). The van der Waals surface area contributed by atoms with E-state index in [0.717, 1.165) is 30.1 Å². The van der Waals surface area contributed by atoms with Crippen molar-refractivity contribution in [1.82, 2.24) is 10.0 Å². The molecule has 106 valence electrons. The van der Waals surface area contributed by atoms with E-state index < -0.39 is 11.6 Å².